The fraction of sp³-hybridized carbons (Fsp3) is 0.333. The highest BCUT2D eigenvalue weighted by atomic mass is 19.3. The lowest BCUT2D eigenvalue weighted by Gasteiger charge is -2.12. The molecule has 0 saturated heterocycles. The highest BCUT2D eigenvalue weighted by Crippen LogP contribution is 2.37. The Morgan fingerprint density at radius 2 is 2.00 bits per heavy atom. The predicted octanol–water partition coefficient (Wildman–Crippen LogP) is 4.82. The maximum Gasteiger partial charge on any atom is 0.387 e. The van der Waals surface area contributed by atoms with Gasteiger partial charge in [0, 0.05) is 17.7 Å². The Hall–Kier alpha value is -3.53. The fourth-order valence-electron chi connectivity index (χ4n) is 3.27. The summed E-state index contributed by atoms with van der Waals surface area (Å²) >= 11 is 0. The summed E-state index contributed by atoms with van der Waals surface area (Å²) in [6.45, 7) is -1.05. The Kier molecular flexibility index (Phi) is 7.06. The Morgan fingerprint density at radius 1 is 1.24 bits per heavy atom. The molecule has 1 aromatic heterocycles. The van der Waals surface area contributed by atoms with Gasteiger partial charge in [0.1, 0.15) is 5.82 Å². The van der Waals surface area contributed by atoms with Crippen molar-refractivity contribution in [2.75, 3.05) is 6.61 Å². The van der Waals surface area contributed by atoms with Crippen LogP contribution in [0, 0.1) is 11.7 Å². The molecular formula is C24H24F3N3O4. The maximum atomic E-state index is 13.9. The molecule has 1 aliphatic carbocycles. The summed E-state index contributed by atoms with van der Waals surface area (Å²) in [6, 6.07) is 9.68. The van der Waals surface area contributed by atoms with Gasteiger partial charge < -0.3 is 24.9 Å². The zero-order valence-electron chi connectivity index (χ0n) is 18.4. The lowest BCUT2D eigenvalue weighted by atomic mass is 10.2. The molecule has 0 unspecified atom stereocenters. The third-order valence-electron chi connectivity index (χ3n) is 5.26. The first-order valence-corrected chi connectivity index (χ1v) is 10.8. The summed E-state index contributed by atoms with van der Waals surface area (Å²) in [5.74, 6) is -0.442. The molecule has 2 aromatic carbocycles. The number of hydrogen-bond donors (Lipinski definition) is 2. The first-order valence-electron chi connectivity index (χ1n) is 10.8. The number of alkyl halides is 2. The second-order valence-corrected chi connectivity index (χ2v) is 8.09. The predicted molar refractivity (Wildman–Crippen MR) is 117 cm³/mol. The SMILES string of the molecule is C[C@H](N)c1oc(-c2ccc(OC(F)F)c(OCC3CC3)c2)nc1C(=O)NCc1ccccc1F. The average molecular weight is 475 g/mol. The molecular weight excluding hydrogens is 451 g/mol. The Labute approximate surface area is 194 Å². The van der Waals surface area contributed by atoms with Gasteiger partial charge in [0.15, 0.2) is 23.0 Å². The molecule has 1 amide bonds. The molecule has 3 aromatic rings. The molecule has 1 fully saturated rings. The van der Waals surface area contributed by atoms with Crippen molar-refractivity contribution in [2.24, 2.45) is 11.7 Å². The number of ether oxygens (including phenoxy) is 2. The smallest absolute Gasteiger partial charge is 0.387 e. The van der Waals surface area contributed by atoms with Gasteiger partial charge in [-0.15, -0.1) is 0 Å². The standard InChI is InChI=1S/C24H24F3N3O4/c1-13(28)21-20(22(31)29-11-16-4-2-3-5-17(16)25)30-23(34-21)15-8-9-18(33-24(26)27)19(10-15)32-12-14-6-7-14/h2-5,8-10,13-14,24H,6-7,11-12,28H2,1H3,(H,29,31)/t13-/m0/s1. The van der Waals surface area contributed by atoms with E-state index in [1.54, 1.807) is 25.1 Å². The van der Waals surface area contributed by atoms with E-state index in [0.717, 1.165) is 12.8 Å². The van der Waals surface area contributed by atoms with E-state index >= 15 is 0 Å². The summed E-state index contributed by atoms with van der Waals surface area (Å²) < 4.78 is 55.5. The molecule has 10 heteroatoms. The Bertz CT molecular complexity index is 1160. The monoisotopic (exact) mass is 475 g/mol. The van der Waals surface area contributed by atoms with Gasteiger partial charge in [-0.25, -0.2) is 9.37 Å². The molecule has 0 radical (unpaired) electrons. The maximum absolute atomic E-state index is 13.9. The quantitative estimate of drug-likeness (QED) is 0.436. The van der Waals surface area contributed by atoms with Gasteiger partial charge in [0.2, 0.25) is 5.89 Å². The van der Waals surface area contributed by atoms with Crippen LogP contribution in [-0.2, 0) is 6.54 Å². The molecule has 1 atom stereocenters. The molecule has 1 aliphatic rings. The van der Waals surface area contributed by atoms with Crippen molar-refractivity contribution in [2.45, 2.75) is 39.0 Å². The number of nitrogens with two attached hydrogens (primary N) is 1. The summed E-state index contributed by atoms with van der Waals surface area (Å²) in [5.41, 5.74) is 6.63. The summed E-state index contributed by atoms with van der Waals surface area (Å²) in [6.07, 6.45) is 2.04. The number of nitrogens with zero attached hydrogens (tertiary/aromatic N) is 1. The molecule has 3 N–H and O–H groups in total. The van der Waals surface area contributed by atoms with Gasteiger partial charge in [-0.1, -0.05) is 18.2 Å². The number of carbonyl (C=O) groups is 1. The van der Waals surface area contributed by atoms with Crippen LogP contribution in [0.2, 0.25) is 0 Å². The van der Waals surface area contributed by atoms with Crippen molar-refractivity contribution in [3.8, 4) is 23.0 Å². The molecule has 1 heterocycles. The minimum absolute atomic E-state index is 0.0466. The molecule has 4 rings (SSSR count). The van der Waals surface area contributed by atoms with Crippen molar-refractivity contribution in [3.05, 3.63) is 65.3 Å². The molecule has 180 valence electrons. The minimum Gasteiger partial charge on any atom is -0.489 e. The van der Waals surface area contributed by atoms with E-state index in [9.17, 15) is 18.0 Å². The molecule has 0 bridgehead atoms. The van der Waals surface area contributed by atoms with Crippen LogP contribution in [-0.4, -0.2) is 24.1 Å². The minimum atomic E-state index is -3.01. The number of halogens is 3. The zero-order valence-corrected chi connectivity index (χ0v) is 18.4. The van der Waals surface area contributed by atoms with Gasteiger partial charge in [-0.05, 0) is 49.9 Å². The van der Waals surface area contributed by atoms with Crippen LogP contribution in [0.4, 0.5) is 13.2 Å². The van der Waals surface area contributed by atoms with Gasteiger partial charge in [0.05, 0.1) is 12.6 Å². The highest BCUT2D eigenvalue weighted by Gasteiger charge is 2.26. The van der Waals surface area contributed by atoms with E-state index in [4.69, 9.17) is 14.9 Å². The second kappa shape index (κ2) is 10.2. The Balaban J connectivity index is 1.59. The lowest BCUT2D eigenvalue weighted by molar-refractivity contribution is -0.0515. The number of rotatable bonds is 10. The highest BCUT2D eigenvalue weighted by molar-refractivity contribution is 5.94. The lowest BCUT2D eigenvalue weighted by Crippen LogP contribution is -2.25. The number of hydrogen-bond acceptors (Lipinski definition) is 6. The first-order chi connectivity index (χ1) is 16.3. The van der Waals surface area contributed by atoms with E-state index < -0.39 is 24.4 Å². The van der Waals surface area contributed by atoms with Gasteiger partial charge in [-0.2, -0.15) is 8.78 Å². The van der Waals surface area contributed by atoms with Crippen molar-refractivity contribution in [1.29, 1.82) is 0 Å². The van der Waals surface area contributed by atoms with E-state index in [1.807, 2.05) is 0 Å². The van der Waals surface area contributed by atoms with Crippen LogP contribution >= 0.6 is 0 Å². The number of benzene rings is 2. The summed E-state index contributed by atoms with van der Waals surface area (Å²) in [7, 11) is 0. The van der Waals surface area contributed by atoms with Crippen LogP contribution in [0.25, 0.3) is 11.5 Å². The van der Waals surface area contributed by atoms with E-state index in [1.165, 1.54) is 24.3 Å². The van der Waals surface area contributed by atoms with Gasteiger partial charge in [0.25, 0.3) is 5.91 Å². The van der Waals surface area contributed by atoms with E-state index in [-0.39, 0.29) is 35.4 Å². The van der Waals surface area contributed by atoms with Crippen molar-refractivity contribution >= 4 is 5.91 Å². The zero-order chi connectivity index (χ0) is 24.2. The largest absolute Gasteiger partial charge is 0.489 e. The number of aromatic nitrogens is 1. The molecule has 7 nitrogen and oxygen atoms in total. The topological polar surface area (TPSA) is 99.6 Å². The number of oxazole rings is 1. The van der Waals surface area contributed by atoms with Gasteiger partial charge in [-0.3, -0.25) is 4.79 Å². The third-order valence-corrected chi connectivity index (χ3v) is 5.26. The number of carbonyl (C=O) groups excluding carboxylic acids is 1. The van der Waals surface area contributed by atoms with Crippen LogP contribution in [0.15, 0.2) is 46.9 Å². The normalized spacial score (nSPS) is 14.2. The Morgan fingerprint density at radius 3 is 2.68 bits per heavy atom. The van der Waals surface area contributed by atoms with Crippen LogP contribution in [0.5, 0.6) is 11.5 Å². The number of nitrogens with one attached hydrogen (secondary N) is 1. The molecule has 34 heavy (non-hydrogen) atoms. The molecule has 0 aliphatic heterocycles. The van der Waals surface area contributed by atoms with Gasteiger partial charge >= 0.3 is 6.61 Å². The summed E-state index contributed by atoms with van der Waals surface area (Å²) in [4.78, 5) is 17.1. The fourth-order valence-corrected chi connectivity index (χ4v) is 3.27. The average Bonchev–Trinajstić information content (AvgIpc) is 3.52. The molecule has 1 saturated carbocycles. The van der Waals surface area contributed by atoms with Crippen molar-refractivity contribution in [3.63, 3.8) is 0 Å². The van der Waals surface area contributed by atoms with Crippen molar-refractivity contribution in [1.82, 2.24) is 10.3 Å². The van der Waals surface area contributed by atoms with Crippen LogP contribution in [0.3, 0.4) is 0 Å². The number of amides is 1. The van der Waals surface area contributed by atoms with Crippen LogP contribution in [0.1, 0.15) is 47.6 Å². The summed E-state index contributed by atoms with van der Waals surface area (Å²) in [5, 5.41) is 2.61. The van der Waals surface area contributed by atoms with E-state index in [0.29, 0.717) is 23.7 Å². The van der Waals surface area contributed by atoms with Crippen LogP contribution < -0.4 is 20.5 Å². The van der Waals surface area contributed by atoms with Crippen molar-refractivity contribution < 1.29 is 31.9 Å². The molecule has 0 spiro atoms. The van der Waals surface area contributed by atoms with E-state index in [2.05, 4.69) is 15.0 Å². The first kappa shape index (κ1) is 23.6. The third kappa shape index (κ3) is 5.69. The second-order valence-electron chi connectivity index (χ2n) is 8.09.